The lowest BCUT2D eigenvalue weighted by atomic mass is 9.81. The number of nitrogens with zero attached hydrogens (tertiary/aromatic N) is 2. The van der Waals surface area contributed by atoms with Crippen molar-refractivity contribution in [2.75, 3.05) is 26.2 Å². The Balaban J connectivity index is 2.06. The van der Waals surface area contributed by atoms with Crippen LogP contribution in [-0.4, -0.2) is 54.3 Å². The van der Waals surface area contributed by atoms with Crippen LogP contribution in [0.4, 0.5) is 0 Å². The van der Waals surface area contributed by atoms with Crippen molar-refractivity contribution in [3.05, 3.63) is 0 Å². The van der Waals surface area contributed by atoms with Gasteiger partial charge in [-0.2, -0.15) is 17.0 Å². The second-order valence-corrected chi connectivity index (χ2v) is 8.96. The zero-order chi connectivity index (χ0) is 15.8. The Labute approximate surface area is 127 Å². The van der Waals surface area contributed by atoms with Crippen LogP contribution in [0.25, 0.3) is 0 Å². The van der Waals surface area contributed by atoms with Gasteiger partial charge in [0.05, 0.1) is 5.41 Å². The summed E-state index contributed by atoms with van der Waals surface area (Å²) in [5.41, 5.74) is -0.797. The highest BCUT2D eigenvalue weighted by Crippen LogP contribution is 2.33. The van der Waals surface area contributed by atoms with E-state index in [4.69, 9.17) is 0 Å². The van der Waals surface area contributed by atoms with Gasteiger partial charge in [0.25, 0.3) is 10.2 Å². The van der Waals surface area contributed by atoms with Crippen LogP contribution in [-0.2, 0) is 15.0 Å². The Kier molecular flexibility index (Phi) is 4.66. The third-order valence-corrected chi connectivity index (χ3v) is 6.80. The maximum Gasteiger partial charge on any atom is 0.309 e. The molecule has 2 saturated heterocycles. The summed E-state index contributed by atoms with van der Waals surface area (Å²) in [6.45, 7) is 7.59. The molecule has 0 radical (unpaired) electrons. The average Bonchev–Trinajstić information content (AvgIpc) is 2.38. The molecule has 2 rings (SSSR count). The highest BCUT2D eigenvalue weighted by Gasteiger charge is 2.42. The molecule has 7 heteroatoms. The molecule has 0 saturated carbocycles. The van der Waals surface area contributed by atoms with Crippen molar-refractivity contribution in [2.24, 2.45) is 17.3 Å². The largest absolute Gasteiger partial charge is 0.481 e. The molecule has 0 aromatic carbocycles. The van der Waals surface area contributed by atoms with Crippen LogP contribution in [0.1, 0.15) is 40.0 Å². The molecule has 1 N–H and O–H groups in total. The summed E-state index contributed by atoms with van der Waals surface area (Å²) < 4.78 is 28.5. The van der Waals surface area contributed by atoms with Gasteiger partial charge < -0.3 is 5.11 Å². The van der Waals surface area contributed by atoms with E-state index in [-0.39, 0.29) is 0 Å². The fourth-order valence-corrected chi connectivity index (χ4v) is 5.24. The molecule has 2 fully saturated rings. The number of carboxylic acid groups (broad SMARTS) is 1. The molecule has 6 nitrogen and oxygen atoms in total. The summed E-state index contributed by atoms with van der Waals surface area (Å²) in [4.78, 5) is 11.2. The Bertz CT molecular complexity index is 487. The maximum absolute atomic E-state index is 12.7. The molecule has 21 heavy (non-hydrogen) atoms. The lowest BCUT2D eigenvalue weighted by molar-refractivity contribution is -0.150. The predicted molar refractivity (Wildman–Crippen MR) is 80.0 cm³/mol. The first-order valence-corrected chi connectivity index (χ1v) is 9.03. The summed E-state index contributed by atoms with van der Waals surface area (Å²) in [6.07, 6.45) is 1.81. The second-order valence-electron chi connectivity index (χ2n) is 7.04. The van der Waals surface area contributed by atoms with Crippen molar-refractivity contribution in [1.82, 2.24) is 8.61 Å². The van der Waals surface area contributed by atoms with Crippen LogP contribution >= 0.6 is 0 Å². The van der Waals surface area contributed by atoms with E-state index in [0.29, 0.717) is 50.9 Å². The van der Waals surface area contributed by atoms with Gasteiger partial charge >= 0.3 is 5.97 Å². The van der Waals surface area contributed by atoms with E-state index in [1.165, 1.54) is 4.31 Å². The molecule has 2 aliphatic heterocycles. The van der Waals surface area contributed by atoms with Gasteiger partial charge in [-0.3, -0.25) is 4.79 Å². The highest BCUT2D eigenvalue weighted by atomic mass is 32.2. The van der Waals surface area contributed by atoms with Crippen LogP contribution in [0, 0.1) is 17.3 Å². The Morgan fingerprint density at radius 3 is 2.00 bits per heavy atom. The van der Waals surface area contributed by atoms with E-state index in [9.17, 15) is 18.3 Å². The minimum Gasteiger partial charge on any atom is -0.481 e. The molecule has 0 aromatic rings. The zero-order valence-corrected chi connectivity index (χ0v) is 13.9. The molecule has 0 aromatic heterocycles. The van der Waals surface area contributed by atoms with Gasteiger partial charge in [0.1, 0.15) is 0 Å². The van der Waals surface area contributed by atoms with E-state index in [0.717, 1.165) is 6.42 Å². The van der Waals surface area contributed by atoms with Crippen LogP contribution in [0.15, 0.2) is 0 Å². The minimum absolute atomic E-state index is 0.296. The third-order valence-electron chi connectivity index (χ3n) is 4.83. The zero-order valence-electron chi connectivity index (χ0n) is 13.1. The van der Waals surface area contributed by atoms with Gasteiger partial charge in [-0.15, -0.1) is 0 Å². The van der Waals surface area contributed by atoms with Crippen molar-refractivity contribution >= 4 is 16.2 Å². The number of carbonyl (C=O) groups is 1. The van der Waals surface area contributed by atoms with Crippen molar-refractivity contribution in [1.29, 1.82) is 0 Å². The predicted octanol–water partition coefficient (Wildman–Crippen LogP) is 1.40. The number of hydrogen-bond acceptors (Lipinski definition) is 3. The highest BCUT2D eigenvalue weighted by molar-refractivity contribution is 7.86. The van der Waals surface area contributed by atoms with Crippen molar-refractivity contribution in [3.63, 3.8) is 0 Å². The molecule has 0 aliphatic carbocycles. The number of carboxylic acids is 1. The number of aliphatic carboxylic acids is 1. The monoisotopic (exact) mass is 318 g/mol. The molecule has 2 atom stereocenters. The fraction of sp³-hybridized carbons (Fsp3) is 0.929. The van der Waals surface area contributed by atoms with Crippen LogP contribution in [0.5, 0.6) is 0 Å². The van der Waals surface area contributed by atoms with Crippen LogP contribution in [0.3, 0.4) is 0 Å². The van der Waals surface area contributed by atoms with Crippen molar-refractivity contribution < 1.29 is 18.3 Å². The summed E-state index contributed by atoms with van der Waals surface area (Å²) in [6, 6.07) is 0. The summed E-state index contributed by atoms with van der Waals surface area (Å²) in [5, 5.41) is 9.23. The molecular formula is C14H26N2O4S. The average molecular weight is 318 g/mol. The standard InChI is InChI=1S/C14H26N2O4S/c1-11-8-12(2)10-16(9-11)21(19,20)15-6-4-14(3,5-7-15)13(17)18/h11-12H,4-10H2,1-3H3,(H,17,18). The second kappa shape index (κ2) is 5.85. The minimum atomic E-state index is -3.45. The van der Waals surface area contributed by atoms with Gasteiger partial charge in [-0.1, -0.05) is 13.8 Å². The summed E-state index contributed by atoms with van der Waals surface area (Å²) in [7, 11) is -3.45. The Hall–Kier alpha value is -0.660. The Morgan fingerprint density at radius 2 is 1.57 bits per heavy atom. The Morgan fingerprint density at radius 1 is 1.10 bits per heavy atom. The van der Waals surface area contributed by atoms with Gasteiger partial charge in [-0.25, -0.2) is 0 Å². The van der Waals surface area contributed by atoms with Gasteiger partial charge in [0.2, 0.25) is 0 Å². The molecule has 0 bridgehead atoms. The van der Waals surface area contributed by atoms with Gasteiger partial charge in [0, 0.05) is 26.2 Å². The van der Waals surface area contributed by atoms with E-state index in [2.05, 4.69) is 13.8 Å². The first kappa shape index (κ1) is 16.7. The first-order chi connectivity index (χ1) is 9.65. The number of piperidine rings is 2. The summed E-state index contributed by atoms with van der Waals surface area (Å²) in [5.74, 6) is -0.0880. The number of hydrogen-bond donors (Lipinski definition) is 1. The molecule has 2 unspecified atom stereocenters. The molecular weight excluding hydrogens is 292 g/mol. The molecule has 0 spiro atoms. The summed E-state index contributed by atoms with van der Waals surface area (Å²) >= 11 is 0. The van der Waals surface area contributed by atoms with Crippen molar-refractivity contribution in [2.45, 2.75) is 40.0 Å². The van der Waals surface area contributed by atoms with Crippen molar-refractivity contribution in [3.8, 4) is 0 Å². The quantitative estimate of drug-likeness (QED) is 0.853. The van der Waals surface area contributed by atoms with E-state index >= 15 is 0 Å². The van der Waals surface area contributed by atoms with Crippen LogP contribution < -0.4 is 0 Å². The molecule has 2 heterocycles. The molecule has 0 amide bonds. The smallest absolute Gasteiger partial charge is 0.309 e. The fourth-order valence-electron chi connectivity index (χ4n) is 3.38. The lowest BCUT2D eigenvalue weighted by Crippen LogP contribution is -2.53. The normalized spacial score (nSPS) is 32.0. The SMILES string of the molecule is CC1CC(C)CN(S(=O)(=O)N2CCC(C)(C(=O)O)CC2)C1. The van der Waals surface area contributed by atoms with E-state index < -0.39 is 21.6 Å². The maximum atomic E-state index is 12.7. The van der Waals surface area contributed by atoms with Crippen LogP contribution in [0.2, 0.25) is 0 Å². The number of rotatable bonds is 3. The lowest BCUT2D eigenvalue weighted by Gasteiger charge is -2.41. The molecule has 122 valence electrons. The van der Waals surface area contributed by atoms with Gasteiger partial charge in [0.15, 0.2) is 0 Å². The molecule has 2 aliphatic rings. The first-order valence-electron chi connectivity index (χ1n) is 7.64. The topological polar surface area (TPSA) is 77.9 Å². The van der Waals surface area contributed by atoms with E-state index in [1.807, 2.05) is 0 Å². The van der Waals surface area contributed by atoms with Gasteiger partial charge in [-0.05, 0) is 38.0 Å². The van der Waals surface area contributed by atoms with E-state index in [1.54, 1.807) is 11.2 Å². The third kappa shape index (κ3) is 3.40.